The van der Waals surface area contributed by atoms with Gasteiger partial charge in [-0.2, -0.15) is 0 Å². The zero-order valence-corrected chi connectivity index (χ0v) is 28.1. The van der Waals surface area contributed by atoms with Gasteiger partial charge in [-0.05, 0) is 63.5 Å². The number of ether oxygens (including phenoxy) is 4. The van der Waals surface area contributed by atoms with Gasteiger partial charge in [0.1, 0.15) is 39.6 Å². The Kier molecular flexibility index (Phi) is 8.20. The predicted octanol–water partition coefficient (Wildman–Crippen LogP) is 6.55. The van der Waals surface area contributed by atoms with Gasteiger partial charge in [0.25, 0.3) is 0 Å². The molecule has 0 radical (unpaired) electrons. The molecule has 5 heterocycles. The highest BCUT2D eigenvalue weighted by atomic mass is 32.2. The summed E-state index contributed by atoms with van der Waals surface area (Å²) < 4.78 is 55.1. The number of aromatic nitrogens is 3. The van der Waals surface area contributed by atoms with Gasteiger partial charge in [0.05, 0.1) is 30.3 Å². The van der Waals surface area contributed by atoms with Crippen LogP contribution >= 0.6 is 11.8 Å². The molecule has 3 atom stereocenters. The van der Waals surface area contributed by atoms with E-state index in [0.29, 0.717) is 45.8 Å². The molecule has 2 aromatic heterocycles. The second kappa shape index (κ2) is 12.2. The zero-order chi connectivity index (χ0) is 33.9. The van der Waals surface area contributed by atoms with Crippen LogP contribution in [0.1, 0.15) is 45.6 Å². The molecule has 10 nitrogen and oxygen atoms in total. The molecule has 48 heavy (non-hydrogen) atoms. The first kappa shape index (κ1) is 32.2. The van der Waals surface area contributed by atoms with Crippen LogP contribution in [-0.4, -0.2) is 83.0 Å². The summed E-state index contributed by atoms with van der Waals surface area (Å²) >= 11 is 1.28. The fourth-order valence-electron chi connectivity index (χ4n) is 7.14. The largest absolute Gasteiger partial charge is 0.477 e. The number of piperazine rings is 1. The Bertz CT molecular complexity index is 2000. The fourth-order valence-corrected chi connectivity index (χ4v) is 7.50. The topological polar surface area (TPSA) is 99.1 Å². The van der Waals surface area contributed by atoms with E-state index in [0.717, 1.165) is 12.8 Å². The van der Waals surface area contributed by atoms with Crippen molar-refractivity contribution < 1.29 is 32.5 Å². The number of fused-ring (bicyclic) bond motifs is 6. The van der Waals surface area contributed by atoms with E-state index in [1.165, 1.54) is 24.9 Å². The van der Waals surface area contributed by atoms with Crippen LogP contribution in [0.15, 0.2) is 29.4 Å². The van der Waals surface area contributed by atoms with Gasteiger partial charge in [0.15, 0.2) is 17.8 Å². The van der Waals surface area contributed by atoms with Gasteiger partial charge in [0, 0.05) is 31.0 Å². The predicted molar refractivity (Wildman–Crippen MR) is 179 cm³/mol. The second-order valence-electron chi connectivity index (χ2n) is 13.1. The molecule has 0 unspecified atom stereocenters. The van der Waals surface area contributed by atoms with Crippen molar-refractivity contribution in [2.75, 3.05) is 38.2 Å². The number of carbonyl (C=O) groups excluding carboxylic acids is 1. The van der Waals surface area contributed by atoms with Crippen molar-refractivity contribution in [3.8, 4) is 35.2 Å². The Hall–Kier alpha value is -4.41. The Morgan fingerprint density at radius 3 is 2.67 bits per heavy atom. The van der Waals surface area contributed by atoms with Gasteiger partial charge >= 0.3 is 6.09 Å². The van der Waals surface area contributed by atoms with E-state index in [-0.39, 0.29) is 65.8 Å². The molecular formula is C35H35F2N5O5S. The number of halogens is 2. The molecule has 0 saturated carbocycles. The molecule has 0 aliphatic carbocycles. The van der Waals surface area contributed by atoms with E-state index >= 15 is 8.78 Å². The number of hydrogen-bond donors (Lipinski definition) is 0. The molecule has 2 aromatic carbocycles. The summed E-state index contributed by atoms with van der Waals surface area (Å²) in [5, 5.41) is 1.54. The summed E-state index contributed by atoms with van der Waals surface area (Å²) in [7, 11) is 1.49. The fraction of sp³-hybridized carbons (Fsp3) is 0.429. The molecule has 3 aliphatic rings. The minimum absolute atomic E-state index is 0.0157. The number of pyridine rings is 1. The molecule has 1 amide bonds. The average Bonchev–Trinajstić information content (AvgIpc) is 3.38. The van der Waals surface area contributed by atoms with Crippen molar-refractivity contribution >= 4 is 45.3 Å². The minimum atomic E-state index is -0.735. The third-order valence-corrected chi connectivity index (χ3v) is 9.55. The number of thioether (sulfide) groups is 1. The second-order valence-corrected chi connectivity index (χ2v) is 13.8. The zero-order valence-electron chi connectivity index (χ0n) is 27.3. The molecule has 3 aliphatic heterocycles. The Morgan fingerprint density at radius 2 is 1.94 bits per heavy atom. The number of rotatable bonds is 5. The van der Waals surface area contributed by atoms with Crippen molar-refractivity contribution in [2.24, 2.45) is 0 Å². The monoisotopic (exact) mass is 675 g/mol. The number of anilines is 1. The SMILES string of the molecule is C#Cc1c(F)ccc2cc(OCOC)cc(-c3nc4c5c(nc(SC)nc5c3F)N3C[C@H]5CC[C@@H]([C@H]3CCO4)N5C(=O)OC(C)(C)C)c12. The molecule has 250 valence electrons. The lowest BCUT2D eigenvalue weighted by Crippen LogP contribution is -2.62. The Balaban J connectivity index is 1.42. The molecule has 2 bridgehead atoms. The average molecular weight is 676 g/mol. The number of amides is 1. The smallest absolute Gasteiger partial charge is 0.410 e. The lowest BCUT2D eigenvalue weighted by atomic mass is 9.95. The number of benzene rings is 2. The van der Waals surface area contributed by atoms with Gasteiger partial charge in [0.2, 0.25) is 5.88 Å². The van der Waals surface area contributed by atoms with E-state index < -0.39 is 17.2 Å². The standard InChI is InChI=1S/C35H35F2N5O5S/c1-7-21-23(36)10-8-18-14-20(46-17-44-5)15-22(26(18)21)29-28(37)30-27-31(40-33(39-30)48-6)41-16-19-9-11-25(24(41)12-13-45-32(27)38-29)42(19)34(43)47-35(2,3)4/h1,8,10,14-15,19,24-25H,9,11-13,16-17H2,2-6H3/t19-,24-,25+/m1/s1. The molecule has 2 fully saturated rings. The van der Waals surface area contributed by atoms with Gasteiger partial charge in [-0.15, -0.1) is 6.42 Å². The van der Waals surface area contributed by atoms with E-state index in [1.54, 1.807) is 18.2 Å². The van der Waals surface area contributed by atoms with Crippen LogP contribution in [0.2, 0.25) is 0 Å². The van der Waals surface area contributed by atoms with Crippen LogP contribution in [0.5, 0.6) is 11.6 Å². The first-order chi connectivity index (χ1) is 23.0. The van der Waals surface area contributed by atoms with E-state index in [9.17, 15) is 4.79 Å². The maximum Gasteiger partial charge on any atom is 0.410 e. The van der Waals surface area contributed by atoms with Crippen LogP contribution < -0.4 is 14.4 Å². The number of methoxy groups -OCH3 is 1. The molecule has 0 spiro atoms. The molecule has 7 rings (SSSR count). The van der Waals surface area contributed by atoms with Crippen molar-refractivity contribution in [1.82, 2.24) is 19.9 Å². The van der Waals surface area contributed by atoms with E-state index in [4.69, 9.17) is 35.3 Å². The van der Waals surface area contributed by atoms with Crippen LogP contribution in [0.3, 0.4) is 0 Å². The summed E-state index contributed by atoms with van der Waals surface area (Å²) in [4.78, 5) is 31.7. The third kappa shape index (κ3) is 5.41. The quantitative estimate of drug-likeness (QED) is 0.100. The lowest BCUT2D eigenvalue weighted by Gasteiger charge is -2.48. The van der Waals surface area contributed by atoms with E-state index in [2.05, 4.69) is 15.8 Å². The summed E-state index contributed by atoms with van der Waals surface area (Å²) in [5.41, 5.74) is -0.532. The molecular weight excluding hydrogens is 640 g/mol. The third-order valence-electron chi connectivity index (χ3n) is 9.01. The summed E-state index contributed by atoms with van der Waals surface area (Å²) in [5.74, 6) is 2.08. The van der Waals surface area contributed by atoms with E-state index in [1.807, 2.05) is 31.9 Å². The molecule has 4 aromatic rings. The highest BCUT2D eigenvalue weighted by molar-refractivity contribution is 7.98. The number of hydrogen-bond acceptors (Lipinski definition) is 10. The summed E-state index contributed by atoms with van der Waals surface area (Å²) in [6, 6.07) is 5.67. The Labute approximate surface area is 281 Å². The van der Waals surface area contributed by atoms with Crippen LogP contribution in [0, 0.1) is 24.0 Å². The van der Waals surface area contributed by atoms with Crippen molar-refractivity contribution in [3.63, 3.8) is 0 Å². The van der Waals surface area contributed by atoms with Crippen molar-refractivity contribution in [1.29, 1.82) is 0 Å². The number of nitrogens with zero attached hydrogens (tertiary/aromatic N) is 5. The summed E-state index contributed by atoms with van der Waals surface area (Å²) in [6.45, 7) is 6.23. The van der Waals surface area contributed by atoms with Crippen molar-refractivity contribution in [2.45, 2.75) is 68.9 Å². The lowest BCUT2D eigenvalue weighted by molar-refractivity contribution is 0.00637. The molecule has 2 saturated heterocycles. The van der Waals surface area contributed by atoms with Crippen LogP contribution in [0.25, 0.3) is 32.9 Å². The van der Waals surface area contributed by atoms with Crippen LogP contribution in [-0.2, 0) is 9.47 Å². The summed E-state index contributed by atoms with van der Waals surface area (Å²) in [6.07, 6.45) is 9.43. The molecule has 0 N–H and O–H groups in total. The Morgan fingerprint density at radius 1 is 1.12 bits per heavy atom. The van der Waals surface area contributed by atoms with Gasteiger partial charge < -0.3 is 23.8 Å². The minimum Gasteiger partial charge on any atom is -0.477 e. The van der Waals surface area contributed by atoms with Gasteiger partial charge in [-0.25, -0.2) is 28.5 Å². The normalized spacial score (nSPS) is 20.2. The highest BCUT2D eigenvalue weighted by Crippen LogP contribution is 2.46. The molecule has 13 heteroatoms. The maximum absolute atomic E-state index is 17.1. The maximum atomic E-state index is 17.1. The van der Waals surface area contributed by atoms with Gasteiger partial charge in [-0.3, -0.25) is 4.90 Å². The van der Waals surface area contributed by atoms with Gasteiger partial charge in [-0.1, -0.05) is 23.7 Å². The number of terminal acetylenes is 1. The number of carbonyl (C=O) groups is 1. The first-order valence-electron chi connectivity index (χ1n) is 15.7. The first-order valence-corrected chi connectivity index (χ1v) is 17.0. The van der Waals surface area contributed by atoms with Crippen LogP contribution in [0.4, 0.5) is 19.4 Å². The van der Waals surface area contributed by atoms with Crippen molar-refractivity contribution in [3.05, 3.63) is 41.5 Å². The highest BCUT2D eigenvalue weighted by Gasteiger charge is 2.51.